The Kier molecular flexibility index (Phi) is 7.95. The van der Waals surface area contributed by atoms with E-state index in [2.05, 4.69) is 47.3 Å². The van der Waals surface area contributed by atoms with Crippen molar-refractivity contribution in [2.45, 2.75) is 58.9 Å². The van der Waals surface area contributed by atoms with E-state index < -0.39 is 0 Å². The second-order valence-corrected chi connectivity index (χ2v) is 6.31. The number of nitrogen functional groups attached to an aromatic ring is 1. The van der Waals surface area contributed by atoms with Crippen LogP contribution in [0.4, 0.5) is 5.82 Å². The smallest absolute Gasteiger partial charge is 0.188 e. The fourth-order valence-corrected chi connectivity index (χ4v) is 2.36. The van der Waals surface area contributed by atoms with Gasteiger partial charge in [0.05, 0.1) is 5.69 Å². The van der Waals surface area contributed by atoms with E-state index in [9.17, 15) is 0 Å². The highest BCUT2D eigenvalue weighted by atomic mass is 15.2. The minimum atomic E-state index is 0.252. The third-order valence-corrected chi connectivity index (χ3v) is 3.66. The molecule has 7 nitrogen and oxygen atoms in total. The standard InChI is InChI=1S/C16H29N7/c1-11(2)6-4-7-12(3)21-16(19)20-9-5-8-14-13(10-17)15(18)23-22-14/h11-12H,4-9H2,1-3H3,(H3,18,22,23)(H3,19,20,21). The first-order valence-electron chi connectivity index (χ1n) is 8.23. The summed E-state index contributed by atoms with van der Waals surface area (Å²) in [6.07, 6.45) is 4.97. The van der Waals surface area contributed by atoms with E-state index in [0.29, 0.717) is 30.5 Å². The van der Waals surface area contributed by atoms with Gasteiger partial charge >= 0.3 is 0 Å². The van der Waals surface area contributed by atoms with E-state index in [1.54, 1.807) is 0 Å². The SMILES string of the molecule is CC(C)CCCC(C)NC(N)=NCCCc1[nH]nc(N)c1C#N. The number of aromatic amines is 1. The van der Waals surface area contributed by atoms with E-state index in [1.807, 2.05) is 0 Å². The second-order valence-electron chi connectivity index (χ2n) is 6.31. The van der Waals surface area contributed by atoms with E-state index in [4.69, 9.17) is 16.7 Å². The number of aromatic nitrogens is 2. The van der Waals surface area contributed by atoms with Gasteiger partial charge in [-0.05, 0) is 32.1 Å². The van der Waals surface area contributed by atoms with Crippen LogP contribution in [0, 0.1) is 17.2 Å². The Balaban J connectivity index is 2.27. The molecule has 0 aliphatic heterocycles. The average molecular weight is 319 g/mol. The number of aliphatic imine (C=N–C) groups is 1. The summed E-state index contributed by atoms with van der Waals surface area (Å²) < 4.78 is 0. The zero-order valence-electron chi connectivity index (χ0n) is 14.4. The molecule has 1 unspecified atom stereocenters. The van der Waals surface area contributed by atoms with Crippen LogP contribution in [0.15, 0.2) is 4.99 Å². The first kappa shape index (κ1) is 18.8. The molecule has 128 valence electrons. The van der Waals surface area contributed by atoms with Crippen LogP contribution in [0.2, 0.25) is 0 Å². The molecule has 0 amide bonds. The Labute approximate surface area is 138 Å². The molecule has 0 radical (unpaired) electrons. The first-order valence-corrected chi connectivity index (χ1v) is 8.23. The van der Waals surface area contributed by atoms with Gasteiger partial charge in [-0.2, -0.15) is 10.4 Å². The van der Waals surface area contributed by atoms with Crippen LogP contribution < -0.4 is 16.8 Å². The summed E-state index contributed by atoms with van der Waals surface area (Å²) in [6, 6.07) is 2.38. The molecule has 7 heteroatoms. The van der Waals surface area contributed by atoms with Crippen molar-refractivity contribution in [2.24, 2.45) is 16.6 Å². The van der Waals surface area contributed by atoms with E-state index in [0.717, 1.165) is 24.5 Å². The molecule has 1 aromatic rings. The number of nitrogens with one attached hydrogen (secondary N) is 2. The van der Waals surface area contributed by atoms with Crippen LogP contribution in [-0.4, -0.2) is 28.7 Å². The molecular weight excluding hydrogens is 290 g/mol. The Hall–Kier alpha value is -2.23. The van der Waals surface area contributed by atoms with Crippen molar-refractivity contribution in [2.75, 3.05) is 12.3 Å². The monoisotopic (exact) mass is 319 g/mol. The van der Waals surface area contributed by atoms with Gasteiger partial charge in [0.25, 0.3) is 0 Å². The fraction of sp³-hybridized carbons (Fsp3) is 0.688. The molecule has 0 bridgehead atoms. The van der Waals surface area contributed by atoms with Gasteiger partial charge < -0.3 is 16.8 Å². The second kappa shape index (κ2) is 9.72. The molecule has 6 N–H and O–H groups in total. The van der Waals surface area contributed by atoms with Gasteiger partial charge in [-0.25, -0.2) is 0 Å². The summed E-state index contributed by atoms with van der Waals surface area (Å²) >= 11 is 0. The fourth-order valence-electron chi connectivity index (χ4n) is 2.36. The van der Waals surface area contributed by atoms with Crippen LogP contribution in [0.3, 0.4) is 0 Å². The maximum Gasteiger partial charge on any atom is 0.188 e. The lowest BCUT2D eigenvalue weighted by Crippen LogP contribution is -2.38. The van der Waals surface area contributed by atoms with Gasteiger partial charge in [0.2, 0.25) is 0 Å². The normalized spacial score (nSPS) is 13.1. The zero-order valence-corrected chi connectivity index (χ0v) is 14.4. The molecule has 0 spiro atoms. The Morgan fingerprint density at radius 3 is 2.74 bits per heavy atom. The minimum absolute atomic E-state index is 0.252. The Morgan fingerprint density at radius 1 is 1.35 bits per heavy atom. The molecular formula is C16H29N7. The lowest BCUT2D eigenvalue weighted by molar-refractivity contribution is 0.493. The highest BCUT2D eigenvalue weighted by Crippen LogP contribution is 2.13. The number of nitriles is 1. The molecule has 1 aromatic heterocycles. The molecule has 0 saturated heterocycles. The molecule has 23 heavy (non-hydrogen) atoms. The number of hydrogen-bond acceptors (Lipinski definition) is 4. The summed E-state index contributed by atoms with van der Waals surface area (Å²) in [5.41, 5.74) is 12.7. The number of guanidine groups is 1. The maximum atomic E-state index is 8.99. The average Bonchev–Trinajstić information content (AvgIpc) is 2.83. The highest BCUT2D eigenvalue weighted by molar-refractivity contribution is 5.78. The van der Waals surface area contributed by atoms with Crippen LogP contribution in [-0.2, 0) is 6.42 Å². The number of anilines is 1. The molecule has 1 atom stereocenters. The topological polar surface area (TPSA) is 129 Å². The van der Waals surface area contributed by atoms with Crippen LogP contribution in [0.25, 0.3) is 0 Å². The number of hydrogen-bond donors (Lipinski definition) is 4. The lowest BCUT2D eigenvalue weighted by atomic mass is 10.0. The summed E-state index contributed by atoms with van der Waals surface area (Å²) in [7, 11) is 0. The summed E-state index contributed by atoms with van der Waals surface area (Å²) in [4.78, 5) is 4.32. The predicted molar refractivity (Wildman–Crippen MR) is 93.8 cm³/mol. The third-order valence-electron chi connectivity index (χ3n) is 3.66. The molecule has 0 aliphatic carbocycles. The van der Waals surface area contributed by atoms with Crippen LogP contribution in [0.5, 0.6) is 0 Å². The number of nitrogens with zero attached hydrogens (tertiary/aromatic N) is 3. The van der Waals surface area contributed by atoms with Gasteiger partial charge in [0.1, 0.15) is 11.6 Å². The third kappa shape index (κ3) is 7.04. The number of nitrogens with two attached hydrogens (primary N) is 2. The zero-order chi connectivity index (χ0) is 17.2. The van der Waals surface area contributed by atoms with Crippen molar-refractivity contribution in [3.8, 4) is 6.07 Å². The van der Waals surface area contributed by atoms with Gasteiger partial charge in [-0.1, -0.05) is 26.7 Å². The van der Waals surface area contributed by atoms with Gasteiger partial charge in [0.15, 0.2) is 11.8 Å². The number of rotatable bonds is 9. The van der Waals surface area contributed by atoms with Crippen molar-refractivity contribution in [3.05, 3.63) is 11.3 Å². The highest BCUT2D eigenvalue weighted by Gasteiger charge is 2.09. The minimum Gasteiger partial charge on any atom is -0.381 e. The van der Waals surface area contributed by atoms with E-state index in [-0.39, 0.29) is 5.82 Å². The maximum absolute atomic E-state index is 8.99. The largest absolute Gasteiger partial charge is 0.381 e. The number of aryl methyl sites for hydroxylation is 1. The van der Waals surface area contributed by atoms with Crippen LogP contribution >= 0.6 is 0 Å². The molecule has 0 saturated carbocycles. The quantitative estimate of drug-likeness (QED) is 0.314. The van der Waals surface area contributed by atoms with Crippen molar-refractivity contribution in [1.82, 2.24) is 15.5 Å². The Bertz CT molecular complexity index is 539. The van der Waals surface area contributed by atoms with Crippen molar-refractivity contribution >= 4 is 11.8 Å². The van der Waals surface area contributed by atoms with Crippen LogP contribution in [0.1, 0.15) is 57.7 Å². The van der Waals surface area contributed by atoms with E-state index in [1.165, 1.54) is 12.8 Å². The lowest BCUT2D eigenvalue weighted by Gasteiger charge is -2.15. The summed E-state index contributed by atoms with van der Waals surface area (Å²) in [5.74, 6) is 1.47. The van der Waals surface area contributed by atoms with Gasteiger partial charge in [-0.15, -0.1) is 0 Å². The summed E-state index contributed by atoms with van der Waals surface area (Å²) in [5, 5.41) is 18.8. The first-order chi connectivity index (χ1) is 10.9. The predicted octanol–water partition coefficient (Wildman–Crippen LogP) is 1.92. The van der Waals surface area contributed by atoms with Gasteiger partial charge in [-0.3, -0.25) is 10.1 Å². The summed E-state index contributed by atoms with van der Waals surface area (Å²) in [6.45, 7) is 7.19. The van der Waals surface area contributed by atoms with E-state index >= 15 is 0 Å². The van der Waals surface area contributed by atoms with Gasteiger partial charge in [0, 0.05) is 12.6 Å². The molecule has 1 heterocycles. The number of H-pyrrole nitrogens is 1. The Morgan fingerprint density at radius 2 is 2.09 bits per heavy atom. The molecule has 0 aromatic carbocycles. The van der Waals surface area contributed by atoms with Crippen molar-refractivity contribution in [3.63, 3.8) is 0 Å². The van der Waals surface area contributed by atoms with Crippen molar-refractivity contribution in [1.29, 1.82) is 5.26 Å². The molecule has 1 rings (SSSR count). The molecule has 0 aliphatic rings. The van der Waals surface area contributed by atoms with Crippen molar-refractivity contribution < 1.29 is 0 Å². The molecule has 0 fully saturated rings.